The number of anilines is 2. The van der Waals surface area contributed by atoms with Gasteiger partial charge in [0, 0.05) is 6.20 Å². The summed E-state index contributed by atoms with van der Waals surface area (Å²) in [5, 5.41) is 3.18. The van der Waals surface area contributed by atoms with Crippen LogP contribution in [0.25, 0.3) is 6.08 Å². The molecule has 0 atom stereocenters. The number of hydrogen-bond acceptors (Lipinski definition) is 5. The van der Waals surface area contributed by atoms with Crippen LogP contribution in [0.3, 0.4) is 0 Å². The van der Waals surface area contributed by atoms with E-state index in [2.05, 4.69) is 15.3 Å². The molecule has 9 heteroatoms. The van der Waals surface area contributed by atoms with Gasteiger partial charge in [0.15, 0.2) is 10.3 Å². The van der Waals surface area contributed by atoms with E-state index < -0.39 is 5.82 Å². The third-order valence-electron chi connectivity index (χ3n) is 4.38. The van der Waals surface area contributed by atoms with Crippen molar-refractivity contribution in [1.29, 1.82) is 0 Å². The Morgan fingerprint density at radius 2 is 1.84 bits per heavy atom. The number of nitrogens with zero attached hydrogens (tertiary/aromatic N) is 3. The molecule has 2 amide bonds. The minimum atomic E-state index is -0.417. The average molecular weight is 467 g/mol. The van der Waals surface area contributed by atoms with E-state index in [1.165, 1.54) is 35.4 Å². The van der Waals surface area contributed by atoms with E-state index in [9.17, 15) is 14.0 Å². The fourth-order valence-electron chi connectivity index (χ4n) is 2.91. The molecule has 3 aromatic rings. The predicted octanol–water partition coefficient (Wildman–Crippen LogP) is 4.99. The number of carbonyl (C=O) groups excluding carboxylic acids is 2. The lowest BCUT2D eigenvalue weighted by molar-refractivity contribution is -0.114. The van der Waals surface area contributed by atoms with E-state index in [-0.39, 0.29) is 28.4 Å². The molecule has 2 heterocycles. The topological polar surface area (TPSA) is 74.7 Å². The van der Waals surface area contributed by atoms with E-state index >= 15 is 0 Å². The van der Waals surface area contributed by atoms with Gasteiger partial charge in [-0.05, 0) is 48.0 Å². The van der Waals surface area contributed by atoms with Crippen LogP contribution in [-0.2, 0) is 9.59 Å². The fraction of sp³-hybridized carbons (Fsp3) is 0.0435. The molecule has 4 rings (SSSR count). The number of pyridine rings is 1. The molecule has 32 heavy (non-hydrogen) atoms. The number of halogens is 2. The van der Waals surface area contributed by atoms with Crippen molar-refractivity contribution >= 4 is 57.8 Å². The molecule has 1 aliphatic rings. The van der Waals surface area contributed by atoms with Gasteiger partial charge in [-0.25, -0.2) is 14.4 Å². The van der Waals surface area contributed by atoms with Crippen molar-refractivity contribution in [3.05, 3.63) is 95.2 Å². The van der Waals surface area contributed by atoms with Crippen molar-refractivity contribution in [2.24, 2.45) is 4.99 Å². The lowest BCUT2D eigenvalue weighted by Crippen LogP contribution is -2.31. The molecule has 0 saturated carbocycles. The lowest BCUT2D eigenvalue weighted by atomic mass is 10.2. The smallest absolute Gasteiger partial charge is 0.283 e. The molecule has 160 valence electrons. The van der Waals surface area contributed by atoms with Crippen LogP contribution >= 0.6 is 23.4 Å². The van der Waals surface area contributed by atoms with Crippen molar-refractivity contribution in [3.8, 4) is 0 Å². The third kappa shape index (κ3) is 5.04. The van der Waals surface area contributed by atoms with Crippen LogP contribution in [0.15, 0.2) is 83.6 Å². The van der Waals surface area contributed by atoms with Crippen molar-refractivity contribution in [1.82, 2.24) is 4.98 Å². The highest BCUT2D eigenvalue weighted by Crippen LogP contribution is 2.30. The van der Waals surface area contributed by atoms with Crippen LogP contribution in [0, 0.1) is 5.82 Å². The van der Waals surface area contributed by atoms with Gasteiger partial charge < -0.3 is 5.32 Å². The molecule has 0 radical (unpaired) electrons. The highest BCUT2D eigenvalue weighted by Gasteiger charge is 2.32. The first-order chi connectivity index (χ1) is 15.5. The summed E-state index contributed by atoms with van der Waals surface area (Å²) >= 11 is 7.07. The van der Waals surface area contributed by atoms with Crippen molar-refractivity contribution in [3.63, 3.8) is 0 Å². The van der Waals surface area contributed by atoms with Gasteiger partial charge in [0.1, 0.15) is 11.5 Å². The van der Waals surface area contributed by atoms with Gasteiger partial charge in [-0.1, -0.05) is 53.7 Å². The van der Waals surface area contributed by atoms with Crippen molar-refractivity contribution in [2.75, 3.05) is 16.0 Å². The molecule has 1 aromatic heterocycles. The Hall–Kier alpha value is -3.49. The second-order valence-electron chi connectivity index (χ2n) is 6.63. The normalized spacial score (nSPS) is 14.6. The number of aromatic nitrogens is 1. The van der Waals surface area contributed by atoms with Gasteiger partial charge in [-0.15, -0.1) is 0 Å². The van der Waals surface area contributed by atoms with Crippen LogP contribution in [0.2, 0.25) is 5.15 Å². The molecule has 0 spiro atoms. The monoisotopic (exact) mass is 466 g/mol. The molecule has 0 aliphatic carbocycles. The SMILES string of the molecule is O=C(CSC1=N/C(=C/c2ccccc2)C(=O)N1c1ccc(F)cc1)Nc1cccnc1Cl. The third-order valence-corrected chi connectivity index (χ3v) is 5.62. The maximum Gasteiger partial charge on any atom is 0.283 e. The van der Waals surface area contributed by atoms with E-state index in [1.54, 1.807) is 18.2 Å². The van der Waals surface area contributed by atoms with Crippen LogP contribution in [-0.4, -0.2) is 27.7 Å². The minimum Gasteiger partial charge on any atom is -0.323 e. The first-order valence-electron chi connectivity index (χ1n) is 9.50. The standard InChI is InChI=1S/C23H16ClFN4O2S/c24-21-18(7-4-12-26-21)27-20(30)14-32-23-28-19(13-15-5-2-1-3-6-15)22(31)29(23)17-10-8-16(25)9-11-17/h1-13H,14H2,(H,27,30)/b19-13+. The molecule has 0 unspecified atom stereocenters. The second-order valence-corrected chi connectivity index (χ2v) is 7.93. The van der Waals surface area contributed by atoms with Crippen LogP contribution in [0.1, 0.15) is 5.56 Å². The maximum absolute atomic E-state index is 13.4. The largest absolute Gasteiger partial charge is 0.323 e. The summed E-state index contributed by atoms with van der Waals surface area (Å²) in [7, 11) is 0. The first kappa shape index (κ1) is 21.7. The van der Waals surface area contributed by atoms with Crippen LogP contribution in [0.5, 0.6) is 0 Å². The van der Waals surface area contributed by atoms with E-state index in [0.717, 1.165) is 17.3 Å². The molecular weight excluding hydrogens is 451 g/mol. The molecule has 0 bridgehead atoms. The van der Waals surface area contributed by atoms with Gasteiger partial charge in [0.25, 0.3) is 5.91 Å². The zero-order valence-corrected chi connectivity index (χ0v) is 18.1. The first-order valence-corrected chi connectivity index (χ1v) is 10.9. The number of aliphatic imine (C=N–C) groups is 1. The van der Waals surface area contributed by atoms with E-state index in [4.69, 9.17) is 11.6 Å². The summed E-state index contributed by atoms with van der Waals surface area (Å²) in [5.74, 6) is -1.13. The zero-order chi connectivity index (χ0) is 22.5. The predicted molar refractivity (Wildman–Crippen MR) is 126 cm³/mol. The Morgan fingerprint density at radius 3 is 2.56 bits per heavy atom. The minimum absolute atomic E-state index is 0.0202. The molecule has 1 N–H and O–H groups in total. The van der Waals surface area contributed by atoms with E-state index in [1.807, 2.05) is 30.3 Å². The fourth-order valence-corrected chi connectivity index (χ4v) is 3.89. The Balaban J connectivity index is 1.57. The summed E-state index contributed by atoms with van der Waals surface area (Å²) in [6.07, 6.45) is 3.19. The Kier molecular flexibility index (Phi) is 6.63. The number of carbonyl (C=O) groups is 2. The van der Waals surface area contributed by atoms with Gasteiger partial charge in [0.05, 0.1) is 17.1 Å². The number of amidine groups is 1. The zero-order valence-electron chi connectivity index (χ0n) is 16.5. The molecule has 0 fully saturated rings. The Bertz CT molecular complexity index is 1220. The summed E-state index contributed by atoms with van der Waals surface area (Å²) in [6.45, 7) is 0. The van der Waals surface area contributed by atoms with Gasteiger partial charge in [-0.2, -0.15) is 0 Å². The summed E-state index contributed by atoms with van der Waals surface area (Å²) in [5.41, 5.74) is 1.88. The maximum atomic E-state index is 13.4. The summed E-state index contributed by atoms with van der Waals surface area (Å²) in [4.78, 5) is 35.2. The number of hydrogen-bond donors (Lipinski definition) is 1. The molecule has 1 aliphatic heterocycles. The van der Waals surface area contributed by atoms with Gasteiger partial charge in [-0.3, -0.25) is 14.5 Å². The average Bonchev–Trinajstić information content (AvgIpc) is 3.10. The summed E-state index contributed by atoms with van der Waals surface area (Å²) in [6, 6.07) is 18.1. The van der Waals surface area contributed by atoms with Crippen LogP contribution in [0.4, 0.5) is 15.8 Å². The molecule has 2 aromatic carbocycles. The summed E-state index contributed by atoms with van der Waals surface area (Å²) < 4.78 is 13.4. The van der Waals surface area contributed by atoms with Gasteiger partial charge in [0.2, 0.25) is 5.91 Å². The highest BCUT2D eigenvalue weighted by molar-refractivity contribution is 8.14. The molecular formula is C23H16ClFN4O2S. The van der Waals surface area contributed by atoms with Crippen molar-refractivity contribution < 1.29 is 14.0 Å². The number of rotatable bonds is 5. The Morgan fingerprint density at radius 1 is 1.09 bits per heavy atom. The number of nitrogens with one attached hydrogen (secondary N) is 1. The van der Waals surface area contributed by atoms with Crippen LogP contribution < -0.4 is 10.2 Å². The molecule has 0 saturated heterocycles. The Labute approximate surface area is 192 Å². The van der Waals surface area contributed by atoms with Crippen molar-refractivity contribution in [2.45, 2.75) is 0 Å². The quantitative estimate of drug-likeness (QED) is 0.424. The second kappa shape index (κ2) is 9.76. The van der Waals surface area contributed by atoms with E-state index in [0.29, 0.717) is 16.5 Å². The number of thioether (sulfide) groups is 1. The number of benzene rings is 2. The molecule has 6 nitrogen and oxygen atoms in total. The lowest BCUT2D eigenvalue weighted by Gasteiger charge is -2.17. The van der Waals surface area contributed by atoms with Gasteiger partial charge >= 0.3 is 0 Å². The number of amides is 2. The highest BCUT2D eigenvalue weighted by atomic mass is 35.5.